The number of halogens is 1. The number of esters is 1. The minimum Gasteiger partial charge on any atom is -0.467 e. The molecule has 1 fully saturated rings. The van der Waals surface area contributed by atoms with E-state index in [1.165, 1.54) is 7.11 Å². The summed E-state index contributed by atoms with van der Waals surface area (Å²) in [5.41, 5.74) is 0. The summed E-state index contributed by atoms with van der Waals surface area (Å²) in [4.78, 5) is 24.3. The van der Waals surface area contributed by atoms with Crippen molar-refractivity contribution in [2.75, 3.05) is 13.7 Å². The van der Waals surface area contributed by atoms with Gasteiger partial charge in [-0.1, -0.05) is 15.9 Å². The van der Waals surface area contributed by atoms with E-state index in [2.05, 4.69) is 20.7 Å². The zero-order chi connectivity index (χ0) is 10.7. The molecule has 0 aromatic rings. The predicted molar refractivity (Wildman–Crippen MR) is 55.1 cm³/mol. The Morgan fingerprint density at radius 2 is 2.21 bits per heavy atom. The van der Waals surface area contributed by atoms with E-state index in [4.69, 9.17) is 0 Å². The number of methoxy groups -OCH3 is 1. The second kappa shape index (κ2) is 4.77. The van der Waals surface area contributed by atoms with E-state index in [0.29, 0.717) is 13.0 Å². The first-order valence-electron chi connectivity index (χ1n) is 4.60. The maximum atomic E-state index is 11.6. The summed E-state index contributed by atoms with van der Waals surface area (Å²) < 4.78 is 4.65. The number of rotatable bonds is 2. The largest absolute Gasteiger partial charge is 0.467 e. The molecule has 1 heterocycles. The number of hydrogen-bond acceptors (Lipinski definition) is 3. The maximum absolute atomic E-state index is 11.6. The van der Waals surface area contributed by atoms with E-state index >= 15 is 0 Å². The monoisotopic (exact) mass is 263 g/mol. The molecular formula is C9H14BrNO3. The molecule has 80 valence electrons. The Morgan fingerprint density at radius 3 is 2.71 bits per heavy atom. The Morgan fingerprint density at radius 1 is 1.57 bits per heavy atom. The maximum Gasteiger partial charge on any atom is 0.328 e. The number of carbonyl (C=O) groups is 2. The molecule has 0 spiro atoms. The highest BCUT2D eigenvalue weighted by molar-refractivity contribution is 9.10. The van der Waals surface area contributed by atoms with Crippen LogP contribution in [0.25, 0.3) is 0 Å². The van der Waals surface area contributed by atoms with E-state index in [0.717, 1.165) is 6.42 Å². The molecule has 14 heavy (non-hydrogen) atoms. The first-order valence-corrected chi connectivity index (χ1v) is 5.52. The summed E-state index contributed by atoms with van der Waals surface area (Å²) in [5.74, 6) is -0.359. The van der Waals surface area contributed by atoms with Crippen LogP contribution in [0, 0.1) is 0 Å². The highest BCUT2D eigenvalue weighted by Gasteiger charge is 2.35. The Hall–Kier alpha value is -0.580. The number of alkyl halides is 1. The van der Waals surface area contributed by atoms with Crippen molar-refractivity contribution in [2.24, 2.45) is 0 Å². The van der Waals surface area contributed by atoms with Crippen molar-refractivity contribution in [1.29, 1.82) is 0 Å². The van der Waals surface area contributed by atoms with Crippen LogP contribution in [-0.2, 0) is 14.3 Å². The van der Waals surface area contributed by atoms with E-state index in [-0.39, 0.29) is 22.7 Å². The van der Waals surface area contributed by atoms with Gasteiger partial charge in [0.05, 0.1) is 11.9 Å². The summed E-state index contributed by atoms with van der Waals surface area (Å²) in [7, 11) is 1.35. The lowest BCUT2D eigenvalue weighted by Crippen LogP contribution is -2.43. The molecule has 0 radical (unpaired) electrons. The third-order valence-electron chi connectivity index (χ3n) is 2.35. The number of likely N-dealkylation sites (tertiary alicyclic amines) is 1. The van der Waals surface area contributed by atoms with Crippen molar-refractivity contribution in [2.45, 2.75) is 30.6 Å². The molecule has 1 aliphatic rings. The molecule has 1 aliphatic heterocycles. The highest BCUT2D eigenvalue weighted by atomic mass is 79.9. The molecule has 1 amide bonds. The number of carbonyl (C=O) groups excluding carboxylic acids is 2. The lowest BCUT2D eigenvalue weighted by Gasteiger charge is -2.23. The normalized spacial score (nSPS) is 23.4. The second-order valence-electron chi connectivity index (χ2n) is 3.33. The molecule has 2 atom stereocenters. The van der Waals surface area contributed by atoms with E-state index in [9.17, 15) is 9.59 Å². The second-order valence-corrected chi connectivity index (χ2v) is 4.70. The fourth-order valence-electron chi connectivity index (χ4n) is 1.64. The van der Waals surface area contributed by atoms with Crippen LogP contribution < -0.4 is 0 Å². The summed E-state index contributed by atoms with van der Waals surface area (Å²) in [6.45, 7) is 2.41. The fourth-order valence-corrected chi connectivity index (χ4v) is 1.90. The Kier molecular flexibility index (Phi) is 3.92. The van der Waals surface area contributed by atoms with E-state index in [1.807, 2.05) is 0 Å². The van der Waals surface area contributed by atoms with Crippen LogP contribution >= 0.6 is 15.9 Å². The zero-order valence-corrected chi connectivity index (χ0v) is 9.91. The minimum atomic E-state index is -0.382. The van der Waals surface area contributed by atoms with Crippen LogP contribution in [0.15, 0.2) is 0 Å². The van der Waals surface area contributed by atoms with Gasteiger partial charge in [-0.3, -0.25) is 4.79 Å². The van der Waals surface area contributed by atoms with Crippen LogP contribution in [0.1, 0.15) is 19.8 Å². The molecule has 0 bridgehead atoms. The van der Waals surface area contributed by atoms with Crippen LogP contribution in [0.2, 0.25) is 0 Å². The first kappa shape index (κ1) is 11.5. The Balaban J connectivity index is 2.68. The molecule has 1 rings (SSSR count). The zero-order valence-electron chi connectivity index (χ0n) is 8.33. The molecule has 0 aromatic heterocycles. The quantitative estimate of drug-likeness (QED) is 0.550. The summed E-state index contributed by atoms with van der Waals surface area (Å²) in [6, 6.07) is -0.382. The third-order valence-corrected chi connectivity index (χ3v) is 2.74. The number of amides is 1. The van der Waals surface area contributed by atoms with Crippen molar-refractivity contribution in [3.05, 3.63) is 0 Å². The van der Waals surface area contributed by atoms with Gasteiger partial charge in [-0.15, -0.1) is 0 Å². The van der Waals surface area contributed by atoms with Crippen molar-refractivity contribution in [3.63, 3.8) is 0 Å². The van der Waals surface area contributed by atoms with Gasteiger partial charge in [0.1, 0.15) is 6.04 Å². The van der Waals surface area contributed by atoms with E-state index < -0.39 is 0 Å². The smallest absolute Gasteiger partial charge is 0.328 e. The molecule has 0 N–H and O–H groups in total. The van der Waals surface area contributed by atoms with Crippen molar-refractivity contribution in [1.82, 2.24) is 4.90 Å². The minimum absolute atomic E-state index is 0.0436. The van der Waals surface area contributed by atoms with Gasteiger partial charge in [0.15, 0.2) is 0 Å². The summed E-state index contributed by atoms with van der Waals surface area (Å²) in [6.07, 6.45) is 1.57. The lowest BCUT2D eigenvalue weighted by molar-refractivity contribution is -0.150. The van der Waals surface area contributed by atoms with Crippen LogP contribution in [0.3, 0.4) is 0 Å². The van der Waals surface area contributed by atoms with Gasteiger partial charge in [0, 0.05) is 6.54 Å². The molecule has 4 nitrogen and oxygen atoms in total. The van der Waals surface area contributed by atoms with Gasteiger partial charge >= 0.3 is 5.97 Å². The SMILES string of the molecule is COC(=O)[C@@H]1CCCN1C(=O)[C@@H](C)Br. The summed E-state index contributed by atoms with van der Waals surface area (Å²) >= 11 is 3.21. The fraction of sp³-hybridized carbons (Fsp3) is 0.778. The average Bonchev–Trinajstić information content (AvgIpc) is 2.63. The molecule has 1 saturated heterocycles. The third kappa shape index (κ3) is 2.26. The molecule has 0 unspecified atom stereocenters. The molecule has 0 aromatic carbocycles. The van der Waals surface area contributed by atoms with Gasteiger partial charge in [0.25, 0.3) is 0 Å². The van der Waals surface area contributed by atoms with Gasteiger partial charge in [0.2, 0.25) is 5.91 Å². The Labute approximate surface area is 91.7 Å². The molecular weight excluding hydrogens is 250 g/mol. The van der Waals surface area contributed by atoms with Gasteiger partial charge < -0.3 is 9.64 Å². The van der Waals surface area contributed by atoms with Crippen molar-refractivity contribution >= 4 is 27.8 Å². The molecule has 0 aliphatic carbocycles. The van der Waals surface area contributed by atoms with Crippen LogP contribution in [0.4, 0.5) is 0 Å². The number of nitrogens with zero attached hydrogens (tertiary/aromatic N) is 1. The van der Waals surface area contributed by atoms with E-state index in [1.54, 1.807) is 11.8 Å². The highest BCUT2D eigenvalue weighted by Crippen LogP contribution is 2.20. The Bertz CT molecular complexity index is 242. The topological polar surface area (TPSA) is 46.6 Å². The van der Waals surface area contributed by atoms with Gasteiger partial charge in [-0.25, -0.2) is 4.79 Å². The average molecular weight is 264 g/mol. The summed E-state index contributed by atoms with van der Waals surface area (Å²) in [5, 5.41) is 0. The van der Waals surface area contributed by atoms with Crippen LogP contribution in [0.5, 0.6) is 0 Å². The van der Waals surface area contributed by atoms with Gasteiger partial charge in [-0.05, 0) is 19.8 Å². The van der Waals surface area contributed by atoms with Gasteiger partial charge in [-0.2, -0.15) is 0 Å². The van der Waals surface area contributed by atoms with Crippen molar-refractivity contribution < 1.29 is 14.3 Å². The lowest BCUT2D eigenvalue weighted by atomic mass is 10.2. The van der Waals surface area contributed by atoms with Crippen molar-refractivity contribution in [3.8, 4) is 0 Å². The first-order chi connectivity index (χ1) is 6.57. The standard InChI is InChI=1S/C9H14BrNO3/c1-6(10)8(12)11-5-3-4-7(11)9(13)14-2/h6-7H,3-5H2,1-2H3/t6-,7+/m1/s1. The number of ether oxygens (including phenoxy) is 1. The predicted octanol–water partition coefficient (Wildman–Crippen LogP) is 0.934. The molecule has 5 heteroatoms. The van der Waals surface area contributed by atoms with Crippen LogP contribution in [-0.4, -0.2) is 41.3 Å². The molecule has 0 saturated carbocycles. The number of hydrogen-bond donors (Lipinski definition) is 0.